The monoisotopic (exact) mass is 372 g/mol. The highest BCUT2D eigenvalue weighted by Gasteiger charge is 2.09. The lowest BCUT2D eigenvalue weighted by molar-refractivity contribution is 0.0951. The average molecular weight is 373 g/mol. The number of carbonyl (C=O) groups is 1. The predicted molar refractivity (Wildman–Crippen MR) is 90.3 cm³/mol. The molecule has 0 spiro atoms. The maximum atomic E-state index is 12.3. The second-order valence-electron chi connectivity index (χ2n) is 4.87. The van der Waals surface area contributed by atoms with Gasteiger partial charge in [-0.2, -0.15) is 0 Å². The van der Waals surface area contributed by atoms with E-state index < -0.39 is 0 Å². The van der Waals surface area contributed by atoms with Gasteiger partial charge in [0.15, 0.2) is 0 Å². The predicted octanol–water partition coefficient (Wildman–Crippen LogP) is 1.98. The molecule has 0 bridgehead atoms. The van der Waals surface area contributed by atoms with Crippen molar-refractivity contribution in [3.63, 3.8) is 0 Å². The average Bonchev–Trinajstić information content (AvgIpc) is 2.57. The van der Waals surface area contributed by atoms with Crippen LogP contribution in [0.3, 0.4) is 0 Å². The van der Waals surface area contributed by atoms with Gasteiger partial charge in [-0.05, 0) is 40.2 Å². The van der Waals surface area contributed by atoms with Crippen molar-refractivity contribution in [1.82, 2.24) is 20.3 Å². The third-order valence-corrected chi connectivity index (χ3v) is 4.05. The Morgan fingerprint density at radius 2 is 1.87 bits per heavy atom. The molecular formula is C16H13BrN4O2. The fourth-order valence-corrected chi connectivity index (χ4v) is 2.65. The highest BCUT2D eigenvalue weighted by atomic mass is 79.9. The van der Waals surface area contributed by atoms with Crippen molar-refractivity contribution in [3.8, 4) is 0 Å². The van der Waals surface area contributed by atoms with Crippen molar-refractivity contribution in [1.29, 1.82) is 0 Å². The maximum absolute atomic E-state index is 12.3. The Morgan fingerprint density at radius 1 is 1.13 bits per heavy atom. The highest BCUT2D eigenvalue weighted by molar-refractivity contribution is 9.10. The summed E-state index contributed by atoms with van der Waals surface area (Å²) in [6, 6.07) is 14.2. The van der Waals surface area contributed by atoms with Crippen molar-refractivity contribution >= 4 is 32.7 Å². The zero-order chi connectivity index (χ0) is 16.2. The van der Waals surface area contributed by atoms with Gasteiger partial charge in [0.05, 0.1) is 17.5 Å². The van der Waals surface area contributed by atoms with Gasteiger partial charge in [-0.3, -0.25) is 9.59 Å². The molecule has 1 N–H and O–H groups in total. The molecule has 0 atom stereocenters. The van der Waals surface area contributed by atoms with Gasteiger partial charge in [-0.25, -0.2) is 4.68 Å². The van der Waals surface area contributed by atoms with E-state index in [9.17, 15) is 9.59 Å². The van der Waals surface area contributed by atoms with Crippen LogP contribution in [0.5, 0.6) is 0 Å². The molecule has 2 aromatic carbocycles. The minimum atomic E-state index is -0.217. The zero-order valence-electron chi connectivity index (χ0n) is 12.1. The molecule has 0 radical (unpaired) electrons. The van der Waals surface area contributed by atoms with Crippen LogP contribution >= 0.6 is 15.9 Å². The van der Waals surface area contributed by atoms with Crippen molar-refractivity contribution in [2.75, 3.05) is 6.54 Å². The first-order chi connectivity index (χ1) is 11.2. The fraction of sp³-hybridized carbons (Fsp3) is 0.125. The molecule has 116 valence electrons. The van der Waals surface area contributed by atoms with E-state index >= 15 is 0 Å². The molecule has 0 unspecified atom stereocenters. The van der Waals surface area contributed by atoms with Crippen LogP contribution in [-0.4, -0.2) is 27.4 Å². The van der Waals surface area contributed by atoms with E-state index in [2.05, 4.69) is 31.6 Å². The first-order valence-electron chi connectivity index (χ1n) is 7.02. The Hall–Kier alpha value is -2.54. The van der Waals surface area contributed by atoms with Gasteiger partial charge in [-0.1, -0.05) is 29.5 Å². The van der Waals surface area contributed by atoms with Gasteiger partial charge in [0.1, 0.15) is 5.52 Å². The van der Waals surface area contributed by atoms with Gasteiger partial charge in [0.2, 0.25) is 0 Å². The number of benzene rings is 2. The zero-order valence-corrected chi connectivity index (χ0v) is 13.7. The summed E-state index contributed by atoms with van der Waals surface area (Å²) in [4.78, 5) is 24.4. The molecule has 7 heteroatoms. The summed E-state index contributed by atoms with van der Waals surface area (Å²) < 4.78 is 1.98. The third kappa shape index (κ3) is 3.29. The minimum Gasteiger partial charge on any atom is -0.350 e. The molecule has 1 amide bonds. The van der Waals surface area contributed by atoms with Crippen LogP contribution in [0.1, 0.15) is 10.4 Å². The SMILES string of the molecule is O=C(NCCn1nnc2ccccc2c1=O)c1ccccc1Br. The van der Waals surface area contributed by atoms with Crippen molar-refractivity contribution in [3.05, 3.63) is 68.9 Å². The number of hydrogen-bond acceptors (Lipinski definition) is 4. The second-order valence-corrected chi connectivity index (χ2v) is 5.72. The number of nitrogens with zero attached hydrogens (tertiary/aromatic N) is 3. The molecule has 23 heavy (non-hydrogen) atoms. The largest absolute Gasteiger partial charge is 0.350 e. The van der Waals surface area contributed by atoms with Gasteiger partial charge in [0, 0.05) is 11.0 Å². The molecular weight excluding hydrogens is 360 g/mol. The highest BCUT2D eigenvalue weighted by Crippen LogP contribution is 2.15. The number of hydrogen-bond donors (Lipinski definition) is 1. The maximum Gasteiger partial charge on any atom is 0.277 e. The van der Waals surface area contributed by atoms with Crippen LogP contribution in [0.4, 0.5) is 0 Å². The fourth-order valence-electron chi connectivity index (χ4n) is 2.19. The lowest BCUT2D eigenvalue weighted by Crippen LogP contribution is -2.32. The summed E-state index contributed by atoms with van der Waals surface area (Å²) in [5.41, 5.74) is 0.890. The molecule has 1 aromatic heterocycles. The van der Waals surface area contributed by atoms with E-state index in [-0.39, 0.29) is 24.6 Å². The Balaban J connectivity index is 1.70. The van der Waals surface area contributed by atoms with Crippen LogP contribution in [-0.2, 0) is 6.54 Å². The van der Waals surface area contributed by atoms with E-state index in [4.69, 9.17) is 0 Å². The first-order valence-corrected chi connectivity index (χ1v) is 7.81. The molecule has 3 rings (SSSR count). The molecule has 0 fully saturated rings. The van der Waals surface area contributed by atoms with Gasteiger partial charge >= 0.3 is 0 Å². The molecule has 3 aromatic rings. The van der Waals surface area contributed by atoms with Crippen molar-refractivity contribution in [2.24, 2.45) is 0 Å². The number of nitrogens with one attached hydrogen (secondary N) is 1. The van der Waals surface area contributed by atoms with E-state index in [1.54, 1.807) is 42.5 Å². The molecule has 0 saturated carbocycles. The first kappa shape index (κ1) is 15.4. The summed E-state index contributed by atoms with van der Waals surface area (Å²) in [6.07, 6.45) is 0. The van der Waals surface area contributed by atoms with E-state index in [1.165, 1.54) is 4.68 Å². The van der Waals surface area contributed by atoms with Crippen molar-refractivity contribution in [2.45, 2.75) is 6.54 Å². The molecule has 6 nitrogen and oxygen atoms in total. The molecule has 0 saturated heterocycles. The number of rotatable bonds is 4. The van der Waals surface area contributed by atoms with Crippen LogP contribution in [0.25, 0.3) is 10.9 Å². The van der Waals surface area contributed by atoms with Crippen LogP contribution < -0.4 is 10.9 Å². The minimum absolute atomic E-state index is 0.209. The number of fused-ring (bicyclic) bond motifs is 1. The lowest BCUT2D eigenvalue weighted by Gasteiger charge is -2.08. The standard InChI is InChI=1S/C16H13BrN4O2/c17-13-7-3-1-5-11(13)15(22)18-9-10-21-16(23)12-6-2-4-8-14(12)19-20-21/h1-8H,9-10H2,(H,18,22). The molecule has 0 aliphatic heterocycles. The van der Waals surface area contributed by atoms with Crippen LogP contribution in [0.2, 0.25) is 0 Å². The van der Waals surface area contributed by atoms with Gasteiger partial charge in [-0.15, -0.1) is 5.10 Å². The Morgan fingerprint density at radius 3 is 2.70 bits per heavy atom. The van der Waals surface area contributed by atoms with E-state index in [0.29, 0.717) is 16.5 Å². The number of carbonyl (C=O) groups excluding carboxylic acids is 1. The smallest absolute Gasteiger partial charge is 0.277 e. The summed E-state index contributed by atoms with van der Waals surface area (Å²) in [5, 5.41) is 11.2. The molecule has 0 aliphatic rings. The summed E-state index contributed by atoms with van der Waals surface area (Å²) in [6.45, 7) is 0.542. The Kier molecular flexibility index (Phi) is 4.47. The van der Waals surface area contributed by atoms with Gasteiger partial charge in [0.25, 0.3) is 11.5 Å². The number of halogens is 1. The van der Waals surface area contributed by atoms with Gasteiger partial charge < -0.3 is 5.32 Å². The van der Waals surface area contributed by atoms with E-state index in [1.807, 2.05) is 6.07 Å². The summed E-state index contributed by atoms with van der Waals surface area (Å²) in [5.74, 6) is -0.209. The summed E-state index contributed by atoms with van der Waals surface area (Å²) >= 11 is 3.33. The van der Waals surface area contributed by atoms with Crippen LogP contribution in [0.15, 0.2) is 57.8 Å². The number of amides is 1. The molecule has 0 aliphatic carbocycles. The Bertz CT molecular complexity index is 923. The lowest BCUT2D eigenvalue weighted by atomic mass is 10.2. The third-order valence-electron chi connectivity index (χ3n) is 3.36. The van der Waals surface area contributed by atoms with Crippen molar-refractivity contribution < 1.29 is 4.79 Å². The quantitative estimate of drug-likeness (QED) is 0.759. The summed E-state index contributed by atoms with van der Waals surface area (Å²) in [7, 11) is 0. The van der Waals surface area contributed by atoms with E-state index in [0.717, 1.165) is 4.47 Å². The Labute approximate surface area is 140 Å². The van der Waals surface area contributed by atoms with Crippen LogP contribution in [0, 0.1) is 0 Å². The second kappa shape index (κ2) is 6.70. The molecule has 1 heterocycles. The number of aromatic nitrogens is 3. The normalized spacial score (nSPS) is 10.7. The topological polar surface area (TPSA) is 76.9 Å².